The van der Waals surface area contributed by atoms with Crippen LogP contribution in [0.25, 0.3) is 11.1 Å². The summed E-state index contributed by atoms with van der Waals surface area (Å²) >= 11 is 0. The van der Waals surface area contributed by atoms with Crippen molar-refractivity contribution in [2.24, 2.45) is 11.8 Å². The number of amides is 2. The van der Waals surface area contributed by atoms with Gasteiger partial charge in [0.2, 0.25) is 5.91 Å². The number of nitrogens with one attached hydrogen (secondary N) is 1. The molecule has 0 saturated heterocycles. The molecule has 2 aliphatic rings. The minimum atomic E-state index is -1.01. The van der Waals surface area contributed by atoms with Gasteiger partial charge in [-0.1, -0.05) is 62.4 Å². The zero-order valence-electron chi connectivity index (χ0n) is 19.7. The van der Waals surface area contributed by atoms with Crippen molar-refractivity contribution in [2.75, 3.05) is 19.7 Å². The van der Waals surface area contributed by atoms with Crippen molar-refractivity contribution in [3.63, 3.8) is 0 Å². The molecule has 1 saturated carbocycles. The molecule has 2 aromatic rings. The first-order chi connectivity index (χ1) is 16.3. The number of hydrogen-bond acceptors (Lipinski definition) is 4. The summed E-state index contributed by atoms with van der Waals surface area (Å²) in [7, 11) is 0. The molecule has 0 bridgehead atoms. The number of ether oxygens (including phenoxy) is 1. The molecule has 0 heterocycles. The molecule has 7 heteroatoms. The van der Waals surface area contributed by atoms with Crippen molar-refractivity contribution in [2.45, 2.75) is 45.1 Å². The van der Waals surface area contributed by atoms with Gasteiger partial charge in [0, 0.05) is 24.4 Å². The number of alkyl carbamates (subject to hydrolysis) is 1. The van der Waals surface area contributed by atoms with Crippen LogP contribution in [-0.4, -0.2) is 53.7 Å². The number of carbonyl (C=O) groups is 3. The number of fused-ring (bicyclic) bond motifs is 3. The third-order valence-corrected chi connectivity index (χ3v) is 6.67. The summed E-state index contributed by atoms with van der Waals surface area (Å²) in [6, 6.07) is 16.2. The molecule has 4 rings (SSSR count). The average molecular weight is 465 g/mol. The van der Waals surface area contributed by atoms with Crippen molar-refractivity contribution in [1.29, 1.82) is 0 Å². The fraction of sp³-hybridized carbons (Fsp3) is 0.444. The minimum absolute atomic E-state index is 0.00309. The Hall–Kier alpha value is -3.35. The lowest BCUT2D eigenvalue weighted by Gasteiger charge is -2.25. The van der Waals surface area contributed by atoms with Gasteiger partial charge >= 0.3 is 12.1 Å². The number of carbonyl (C=O) groups excluding carboxylic acids is 2. The van der Waals surface area contributed by atoms with E-state index in [-0.39, 0.29) is 42.9 Å². The quantitative estimate of drug-likeness (QED) is 0.609. The van der Waals surface area contributed by atoms with Crippen LogP contribution in [-0.2, 0) is 14.3 Å². The summed E-state index contributed by atoms with van der Waals surface area (Å²) in [5.41, 5.74) is 4.67. The van der Waals surface area contributed by atoms with E-state index in [1.165, 1.54) is 16.0 Å². The highest BCUT2D eigenvalue weighted by Crippen LogP contribution is 2.44. The minimum Gasteiger partial charge on any atom is -0.480 e. The molecule has 1 fully saturated rings. The third kappa shape index (κ3) is 5.24. The molecule has 0 radical (unpaired) electrons. The lowest BCUT2D eigenvalue weighted by molar-refractivity contribution is -0.146. The third-order valence-electron chi connectivity index (χ3n) is 6.67. The van der Waals surface area contributed by atoms with Crippen molar-refractivity contribution < 1.29 is 24.2 Å². The molecule has 2 aromatic carbocycles. The molecule has 180 valence electrons. The summed E-state index contributed by atoms with van der Waals surface area (Å²) in [4.78, 5) is 38.1. The SMILES string of the molecule is CC(C)CN(CC(=O)O)C(=O)[C@@H]1CC[C@H](NC(=O)OCC2c3ccccc3-c3ccccc32)C1. The zero-order chi connectivity index (χ0) is 24.2. The van der Waals surface area contributed by atoms with Crippen LogP contribution in [0.1, 0.15) is 50.2 Å². The lowest BCUT2D eigenvalue weighted by atomic mass is 9.98. The largest absolute Gasteiger partial charge is 0.480 e. The monoisotopic (exact) mass is 464 g/mol. The molecule has 34 heavy (non-hydrogen) atoms. The maximum Gasteiger partial charge on any atom is 0.407 e. The van der Waals surface area contributed by atoms with Crippen molar-refractivity contribution in [3.8, 4) is 11.1 Å². The van der Waals surface area contributed by atoms with Gasteiger partial charge in [-0.15, -0.1) is 0 Å². The highest BCUT2D eigenvalue weighted by atomic mass is 16.5. The smallest absolute Gasteiger partial charge is 0.407 e. The number of aliphatic carboxylic acids is 1. The molecule has 2 atom stereocenters. The van der Waals surface area contributed by atoms with E-state index in [2.05, 4.69) is 29.6 Å². The van der Waals surface area contributed by atoms with E-state index in [1.54, 1.807) is 0 Å². The highest BCUT2D eigenvalue weighted by molar-refractivity contribution is 5.83. The van der Waals surface area contributed by atoms with Gasteiger partial charge in [0.1, 0.15) is 13.2 Å². The van der Waals surface area contributed by atoms with E-state index >= 15 is 0 Å². The number of hydrogen-bond donors (Lipinski definition) is 2. The average Bonchev–Trinajstić information content (AvgIpc) is 3.39. The Morgan fingerprint density at radius 1 is 1.03 bits per heavy atom. The predicted octanol–water partition coefficient (Wildman–Crippen LogP) is 4.26. The van der Waals surface area contributed by atoms with E-state index in [1.807, 2.05) is 38.1 Å². The van der Waals surface area contributed by atoms with Crippen LogP contribution >= 0.6 is 0 Å². The normalized spacial score (nSPS) is 18.9. The summed E-state index contributed by atoms with van der Waals surface area (Å²) in [6.45, 7) is 4.27. The van der Waals surface area contributed by atoms with Gasteiger partial charge in [0.15, 0.2) is 0 Å². The number of carboxylic acids is 1. The number of nitrogens with zero attached hydrogens (tertiary/aromatic N) is 1. The van der Waals surface area contributed by atoms with Gasteiger partial charge in [-0.05, 0) is 47.4 Å². The molecule has 0 unspecified atom stereocenters. The Kier molecular flexibility index (Phi) is 7.20. The second-order valence-electron chi connectivity index (χ2n) is 9.68. The van der Waals surface area contributed by atoms with Crippen LogP contribution < -0.4 is 5.32 Å². The summed E-state index contributed by atoms with van der Waals surface area (Å²) < 4.78 is 5.63. The van der Waals surface area contributed by atoms with Crippen LogP contribution in [0.5, 0.6) is 0 Å². The summed E-state index contributed by atoms with van der Waals surface area (Å²) in [6.07, 6.45) is 1.31. The van der Waals surface area contributed by atoms with Gasteiger partial charge in [-0.2, -0.15) is 0 Å². The van der Waals surface area contributed by atoms with Crippen molar-refractivity contribution >= 4 is 18.0 Å². The number of carboxylic acid groups (broad SMARTS) is 1. The van der Waals surface area contributed by atoms with Crippen LogP contribution in [0.15, 0.2) is 48.5 Å². The molecule has 7 nitrogen and oxygen atoms in total. The maximum absolute atomic E-state index is 12.9. The number of rotatable bonds is 8. The number of benzene rings is 2. The van der Waals surface area contributed by atoms with Gasteiger partial charge in [0.25, 0.3) is 0 Å². The van der Waals surface area contributed by atoms with Gasteiger partial charge < -0.3 is 20.1 Å². The van der Waals surface area contributed by atoms with Crippen molar-refractivity contribution in [3.05, 3.63) is 59.7 Å². The van der Waals surface area contributed by atoms with Crippen LogP contribution in [0.2, 0.25) is 0 Å². The summed E-state index contributed by atoms with van der Waals surface area (Å²) in [5.74, 6) is -1.26. The molecule has 2 N–H and O–H groups in total. The van der Waals surface area contributed by atoms with Gasteiger partial charge in [0.05, 0.1) is 0 Å². The Morgan fingerprint density at radius 2 is 1.65 bits per heavy atom. The Balaban J connectivity index is 1.32. The summed E-state index contributed by atoms with van der Waals surface area (Å²) in [5, 5.41) is 12.1. The lowest BCUT2D eigenvalue weighted by Crippen LogP contribution is -2.42. The van der Waals surface area contributed by atoms with E-state index in [0.717, 1.165) is 11.1 Å². The maximum atomic E-state index is 12.9. The first kappa shape index (κ1) is 23.8. The molecule has 0 aliphatic heterocycles. The Labute approximate surface area is 200 Å². The Bertz CT molecular complexity index is 1020. The molecule has 0 aromatic heterocycles. The highest BCUT2D eigenvalue weighted by Gasteiger charge is 2.35. The fourth-order valence-electron chi connectivity index (χ4n) is 5.24. The van der Waals surface area contributed by atoms with Crippen LogP contribution in [0.4, 0.5) is 4.79 Å². The predicted molar refractivity (Wildman–Crippen MR) is 128 cm³/mol. The van der Waals surface area contributed by atoms with Crippen LogP contribution in [0, 0.1) is 11.8 Å². The second-order valence-corrected chi connectivity index (χ2v) is 9.68. The van der Waals surface area contributed by atoms with Crippen LogP contribution in [0.3, 0.4) is 0 Å². The first-order valence-electron chi connectivity index (χ1n) is 12.0. The second kappa shape index (κ2) is 10.3. The molecule has 0 spiro atoms. The van der Waals surface area contributed by atoms with Crippen molar-refractivity contribution in [1.82, 2.24) is 10.2 Å². The molecular weight excluding hydrogens is 432 g/mol. The zero-order valence-corrected chi connectivity index (χ0v) is 19.7. The van der Waals surface area contributed by atoms with Gasteiger partial charge in [-0.25, -0.2) is 4.79 Å². The van der Waals surface area contributed by atoms with Gasteiger partial charge in [-0.3, -0.25) is 9.59 Å². The Morgan fingerprint density at radius 3 is 2.24 bits per heavy atom. The standard InChI is InChI=1S/C27H32N2O5/c1-17(2)14-29(15-25(30)31)26(32)18-11-12-19(13-18)28-27(33)34-16-24-22-9-5-3-7-20(22)21-8-4-6-10-23(21)24/h3-10,17-19,24H,11-16H2,1-2H3,(H,28,33)(H,30,31)/t18-,19+/m1/s1. The van der Waals surface area contributed by atoms with E-state index in [9.17, 15) is 14.4 Å². The molecule has 2 amide bonds. The van der Waals surface area contributed by atoms with E-state index in [0.29, 0.717) is 25.8 Å². The molecular formula is C27H32N2O5. The van der Waals surface area contributed by atoms with E-state index < -0.39 is 12.1 Å². The fourth-order valence-corrected chi connectivity index (χ4v) is 5.24. The topological polar surface area (TPSA) is 95.9 Å². The first-order valence-corrected chi connectivity index (χ1v) is 12.0. The molecule has 2 aliphatic carbocycles. The van der Waals surface area contributed by atoms with E-state index in [4.69, 9.17) is 9.84 Å².